The second-order valence-electron chi connectivity index (χ2n) is 5.17. The Kier molecular flexibility index (Phi) is 4.73. The van der Waals surface area contributed by atoms with E-state index in [0.717, 1.165) is 22.4 Å². The molecule has 0 saturated carbocycles. The van der Waals surface area contributed by atoms with Crippen molar-refractivity contribution >= 4 is 23.4 Å². The molecule has 0 N–H and O–H groups in total. The van der Waals surface area contributed by atoms with Crippen LogP contribution in [0.1, 0.15) is 5.69 Å². The average molecular weight is 379 g/mol. The number of aryl methyl sites for hydroxylation is 1. The van der Waals surface area contributed by atoms with Crippen LogP contribution in [0.5, 0.6) is 0 Å². The Bertz CT molecular complexity index is 1070. The molecular formula is C16H12ClFN4O2S. The number of aromatic nitrogens is 4. The zero-order valence-corrected chi connectivity index (χ0v) is 14.8. The van der Waals surface area contributed by atoms with Gasteiger partial charge < -0.3 is 4.57 Å². The third kappa shape index (κ3) is 3.35. The molecule has 25 heavy (non-hydrogen) atoms. The summed E-state index contributed by atoms with van der Waals surface area (Å²) < 4.78 is 16.5. The predicted molar refractivity (Wildman–Crippen MR) is 93.1 cm³/mol. The van der Waals surface area contributed by atoms with Gasteiger partial charge in [0.2, 0.25) is 0 Å². The first kappa shape index (κ1) is 17.4. The first-order valence-corrected chi connectivity index (χ1v) is 8.32. The van der Waals surface area contributed by atoms with E-state index in [1.54, 1.807) is 25.4 Å². The molecule has 0 atom stereocenters. The van der Waals surface area contributed by atoms with Gasteiger partial charge in [-0.05, 0) is 36.9 Å². The quantitative estimate of drug-likeness (QED) is 0.655. The van der Waals surface area contributed by atoms with Gasteiger partial charge in [-0.2, -0.15) is 0 Å². The van der Waals surface area contributed by atoms with E-state index in [-0.39, 0.29) is 10.7 Å². The highest BCUT2D eigenvalue weighted by Gasteiger charge is 2.16. The van der Waals surface area contributed by atoms with Crippen LogP contribution in [0.25, 0.3) is 5.69 Å². The molecule has 0 spiro atoms. The van der Waals surface area contributed by atoms with E-state index in [1.165, 1.54) is 23.7 Å². The van der Waals surface area contributed by atoms with E-state index < -0.39 is 17.1 Å². The van der Waals surface area contributed by atoms with Crippen LogP contribution in [-0.2, 0) is 7.05 Å². The van der Waals surface area contributed by atoms with Crippen LogP contribution in [-0.4, -0.2) is 19.1 Å². The zero-order valence-electron chi connectivity index (χ0n) is 13.2. The van der Waals surface area contributed by atoms with Crippen LogP contribution in [0.4, 0.5) is 4.39 Å². The maximum absolute atomic E-state index is 14.4. The Morgan fingerprint density at radius 1 is 1.16 bits per heavy atom. The minimum absolute atomic E-state index is 0.135. The molecule has 0 aliphatic rings. The van der Waals surface area contributed by atoms with Crippen LogP contribution in [0.3, 0.4) is 0 Å². The fraction of sp³-hybridized carbons (Fsp3) is 0.125. The van der Waals surface area contributed by atoms with E-state index >= 15 is 0 Å². The molecule has 128 valence electrons. The SMILES string of the molecule is Cc1cc(=O)n(-c2cc(Sc3ncccn3)c(Cl)cc2F)c(=O)n1C. The normalized spacial score (nSPS) is 10.9. The van der Waals surface area contributed by atoms with Gasteiger partial charge in [0, 0.05) is 36.1 Å². The molecule has 1 aromatic carbocycles. The van der Waals surface area contributed by atoms with Crippen molar-refractivity contribution in [1.29, 1.82) is 0 Å². The van der Waals surface area contributed by atoms with Gasteiger partial charge in [0.25, 0.3) is 5.56 Å². The van der Waals surface area contributed by atoms with Crippen molar-refractivity contribution in [1.82, 2.24) is 19.1 Å². The zero-order chi connectivity index (χ0) is 18.1. The lowest BCUT2D eigenvalue weighted by Gasteiger charge is -2.12. The van der Waals surface area contributed by atoms with Crippen LogP contribution >= 0.6 is 23.4 Å². The van der Waals surface area contributed by atoms with Crippen molar-refractivity contribution in [2.45, 2.75) is 17.0 Å². The number of benzene rings is 1. The number of halogens is 2. The standard InChI is InChI=1S/C16H12ClFN4O2S/c1-9-6-14(23)22(16(24)21(9)2)12-8-13(10(17)7-11(12)18)25-15-19-4-3-5-20-15/h3-8H,1-2H3. The molecule has 9 heteroatoms. The fourth-order valence-corrected chi connectivity index (χ4v) is 3.18. The van der Waals surface area contributed by atoms with Crippen LogP contribution in [0.2, 0.25) is 5.02 Å². The largest absolute Gasteiger partial charge is 0.335 e. The van der Waals surface area contributed by atoms with E-state index in [1.807, 2.05) is 0 Å². The number of hydrogen-bond acceptors (Lipinski definition) is 5. The topological polar surface area (TPSA) is 69.8 Å². The minimum atomic E-state index is -0.772. The molecule has 0 radical (unpaired) electrons. The summed E-state index contributed by atoms with van der Waals surface area (Å²) in [5.41, 5.74) is -0.951. The number of hydrogen-bond donors (Lipinski definition) is 0. The number of rotatable bonds is 3. The average Bonchev–Trinajstić information content (AvgIpc) is 2.57. The minimum Gasteiger partial charge on any atom is -0.301 e. The van der Waals surface area contributed by atoms with Crippen molar-refractivity contribution in [2.75, 3.05) is 0 Å². The van der Waals surface area contributed by atoms with Crippen molar-refractivity contribution in [3.05, 3.63) is 74.0 Å². The monoisotopic (exact) mass is 378 g/mol. The molecule has 3 aromatic rings. The molecule has 3 rings (SSSR count). The molecule has 0 amide bonds. The maximum Gasteiger partial charge on any atom is 0.335 e. The highest BCUT2D eigenvalue weighted by Crippen LogP contribution is 2.33. The second-order valence-corrected chi connectivity index (χ2v) is 6.58. The van der Waals surface area contributed by atoms with Gasteiger partial charge >= 0.3 is 5.69 Å². The maximum atomic E-state index is 14.4. The van der Waals surface area contributed by atoms with Crippen LogP contribution in [0.15, 0.2) is 56.3 Å². The summed E-state index contributed by atoms with van der Waals surface area (Å²) in [6.07, 6.45) is 3.13. The summed E-state index contributed by atoms with van der Waals surface area (Å²) in [5, 5.41) is 0.543. The predicted octanol–water partition coefficient (Wildman–Crippen LogP) is 2.58. The van der Waals surface area contributed by atoms with Gasteiger partial charge in [-0.1, -0.05) is 11.6 Å². The summed E-state index contributed by atoms with van der Waals surface area (Å²) in [4.78, 5) is 33.2. The smallest absolute Gasteiger partial charge is 0.301 e. The Hall–Kier alpha value is -2.45. The highest BCUT2D eigenvalue weighted by molar-refractivity contribution is 7.99. The van der Waals surface area contributed by atoms with Crippen LogP contribution in [0, 0.1) is 12.7 Å². The van der Waals surface area contributed by atoms with Crippen molar-refractivity contribution in [3.8, 4) is 5.69 Å². The summed E-state index contributed by atoms with van der Waals surface area (Å²) in [7, 11) is 1.51. The molecule has 2 aromatic heterocycles. The summed E-state index contributed by atoms with van der Waals surface area (Å²) >= 11 is 7.19. The Morgan fingerprint density at radius 3 is 2.52 bits per heavy atom. The summed E-state index contributed by atoms with van der Waals surface area (Å²) in [6, 6.07) is 5.34. The molecule has 0 bridgehead atoms. The molecule has 2 heterocycles. The number of nitrogens with zero attached hydrogens (tertiary/aromatic N) is 4. The summed E-state index contributed by atoms with van der Waals surface area (Å²) in [6.45, 7) is 1.62. The Balaban J connectivity index is 2.19. The third-order valence-electron chi connectivity index (χ3n) is 3.55. The lowest BCUT2D eigenvalue weighted by molar-refractivity contribution is 0.603. The van der Waals surface area contributed by atoms with E-state index in [0.29, 0.717) is 15.7 Å². The highest BCUT2D eigenvalue weighted by atomic mass is 35.5. The molecule has 0 unspecified atom stereocenters. The molecule has 0 aliphatic heterocycles. The molecule has 0 fully saturated rings. The van der Waals surface area contributed by atoms with E-state index in [2.05, 4.69) is 9.97 Å². The van der Waals surface area contributed by atoms with Crippen molar-refractivity contribution in [3.63, 3.8) is 0 Å². The van der Waals surface area contributed by atoms with Crippen molar-refractivity contribution in [2.24, 2.45) is 7.05 Å². The molecular weight excluding hydrogens is 367 g/mol. The van der Waals surface area contributed by atoms with Crippen LogP contribution < -0.4 is 11.2 Å². The van der Waals surface area contributed by atoms with Gasteiger partial charge in [-0.3, -0.25) is 4.79 Å². The third-order valence-corrected chi connectivity index (χ3v) is 4.92. The lowest BCUT2D eigenvalue weighted by atomic mass is 10.3. The molecule has 6 nitrogen and oxygen atoms in total. The Morgan fingerprint density at radius 2 is 1.84 bits per heavy atom. The fourth-order valence-electron chi connectivity index (χ4n) is 2.16. The lowest BCUT2D eigenvalue weighted by Crippen LogP contribution is -2.38. The van der Waals surface area contributed by atoms with Gasteiger partial charge in [0.1, 0.15) is 5.82 Å². The van der Waals surface area contributed by atoms with Gasteiger partial charge in [-0.15, -0.1) is 0 Å². The second kappa shape index (κ2) is 6.81. The van der Waals surface area contributed by atoms with E-state index in [4.69, 9.17) is 11.6 Å². The first-order valence-electron chi connectivity index (χ1n) is 7.12. The molecule has 0 aliphatic carbocycles. The van der Waals surface area contributed by atoms with Gasteiger partial charge in [0.05, 0.1) is 10.7 Å². The van der Waals surface area contributed by atoms with Gasteiger partial charge in [0.15, 0.2) is 5.16 Å². The Labute approximate surface area is 150 Å². The van der Waals surface area contributed by atoms with E-state index in [9.17, 15) is 14.0 Å². The summed E-state index contributed by atoms with van der Waals surface area (Å²) in [5.74, 6) is -0.772. The van der Waals surface area contributed by atoms with Gasteiger partial charge in [-0.25, -0.2) is 23.7 Å². The molecule has 0 saturated heterocycles. The first-order chi connectivity index (χ1) is 11.9. The van der Waals surface area contributed by atoms with Crippen molar-refractivity contribution < 1.29 is 4.39 Å².